The van der Waals surface area contributed by atoms with Crippen molar-refractivity contribution in [1.29, 1.82) is 0 Å². The fraction of sp³-hybridized carbons (Fsp3) is 0.333. The van der Waals surface area contributed by atoms with Crippen molar-refractivity contribution in [2.75, 3.05) is 25.6 Å². The van der Waals surface area contributed by atoms with Crippen LogP contribution < -0.4 is 5.32 Å². The maximum absolute atomic E-state index is 5.92. The van der Waals surface area contributed by atoms with Gasteiger partial charge in [-0.3, -0.25) is 0 Å². The summed E-state index contributed by atoms with van der Waals surface area (Å²) in [4.78, 5) is 4.17. The number of hydrogen-bond donors (Lipinski definition) is 1. The van der Waals surface area contributed by atoms with Crippen molar-refractivity contribution in [2.45, 2.75) is 0 Å². The summed E-state index contributed by atoms with van der Waals surface area (Å²) in [5.74, 6) is 0.790. The molecule has 0 radical (unpaired) electrons. The molecule has 0 saturated carbocycles. The highest BCUT2D eigenvalue weighted by Gasteiger charge is 2.08. The average Bonchev–Trinajstić information content (AvgIpc) is 2.61. The van der Waals surface area contributed by atoms with Gasteiger partial charge in [0, 0.05) is 19.7 Å². The van der Waals surface area contributed by atoms with Gasteiger partial charge in [-0.25, -0.2) is 4.98 Å². The number of aromatic nitrogens is 3. The molecule has 5 nitrogen and oxygen atoms in total. The van der Waals surface area contributed by atoms with Crippen molar-refractivity contribution in [3.8, 4) is 0 Å². The maximum Gasteiger partial charge on any atom is 0.173 e. The van der Waals surface area contributed by atoms with E-state index in [2.05, 4.69) is 31.3 Å². The Hall–Kier alpha value is -0.850. The molecule has 0 aromatic carbocycles. The van der Waals surface area contributed by atoms with Gasteiger partial charge < -0.3 is 10.1 Å². The van der Waals surface area contributed by atoms with Gasteiger partial charge >= 0.3 is 0 Å². The largest absolute Gasteiger partial charge is 0.383 e. The number of fused-ring (bicyclic) bond motifs is 1. The zero-order valence-electron chi connectivity index (χ0n) is 8.57. The van der Waals surface area contributed by atoms with E-state index in [-0.39, 0.29) is 0 Å². The lowest BCUT2D eigenvalue weighted by Crippen LogP contribution is -2.11. The first-order valence-electron chi connectivity index (χ1n) is 4.65. The van der Waals surface area contributed by atoms with Crippen molar-refractivity contribution < 1.29 is 4.74 Å². The Balaban J connectivity index is 2.35. The average molecular weight is 306 g/mol. The number of rotatable bonds is 4. The first-order chi connectivity index (χ1) is 7.72. The Labute approximate surface area is 106 Å². The van der Waals surface area contributed by atoms with Crippen molar-refractivity contribution in [3.63, 3.8) is 0 Å². The molecule has 16 heavy (non-hydrogen) atoms. The van der Waals surface area contributed by atoms with Gasteiger partial charge in [0.25, 0.3) is 0 Å². The van der Waals surface area contributed by atoms with Crippen LogP contribution in [0, 0.1) is 0 Å². The van der Waals surface area contributed by atoms with E-state index in [9.17, 15) is 0 Å². The number of anilines is 1. The van der Waals surface area contributed by atoms with Crippen molar-refractivity contribution in [2.24, 2.45) is 0 Å². The zero-order chi connectivity index (χ0) is 11.5. The molecule has 2 heterocycles. The first kappa shape index (κ1) is 11.6. The zero-order valence-corrected chi connectivity index (χ0v) is 10.9. The Morgan fingerprint density at radius 2 is 2.44 bits per heavy atom. The molecule has 0 unspecified atom stereocenters. The third-order valence-electron chi connectivity index (χ3n) is 2.01. The number of nitrogens with zero attached hydrogens (tertiary/aromatic N) is 3. The van der Waals surface area contributed by atoms with Crippen LogP contribution in [0.4, 0.5) is 5.82 Å². The van der Waals surface area contributed by atoms with E-state index in [0.29, 0.717) is 24.0 Å². The molecule has 0 saturated heterocycles. The summed E-state index contributed by atoms with van der Waals surface area (Å²) in [5, 5.41) is 7.78. The third kappa shape index (κ3) is 2.28. The summed E-state index contributed by atoms with van der Waals surface area (Å²) >= 11 is 9.28. The minimum atomic E-state index is 0.425. The summed E-state index contributed by atoms with van der Waals surface area (Å²) in [5.41, 5.74) is 0.687. The Morgan fingerprint density at radius 1 is 1.62 bits per heavy atom. The van der Waals surface area contributed by atoms with Gasteiger partial charge in [-0.05, 0) is 15.9 Å². The quantitative estimate of drug-likeness (QED) is 0.695. The molecule has 2 rings (SSSR count). The van der Waals surface area contributed by atoms with Gasteiger partial charge in [-0.15, -0.1) is 0 Å². The van der Waals surface area contributed by atoms with Crippen molar-refractivity contribution in [1.82, 2.24) is 14.6 Å². The fourth-order valence-electron chi connectivity index (χ4n) is 1.31. The molecule has 0 atom stereocenters. The molecule has 0 spiro atoms. The van der Waals surface area contributed by atoms with E-state index < -0.39 is 0 Å². The number of hydrogen-bond acceptors (Lipinski definition) is 4. The van der Waals surface area contributed by atoms with Crippen LogP contribution in [0.15, 0.2) is 16.7 Å². The van der Waals surface area contributed by atoms with Crippen LogP contribution in [0.5, 0.6) is 0 Å². The molecule has 2 aromatic rings. The molecular weight excluding hydrogens is 295 g/mol. The molecule has 1 N–H and O–H groups in total. The standard InChI is InChI=1S/C9H10BrClN4O/c1-16-3-2-12-8-4-7(11)14-9-6(10)5-13-15(8)9/h4-5,12H,2-3H2,1H3. The van der Waals surface area contributed by atoms with Gasteiger partial charge in [0.2, 0.25) is 0 Å². The molecule has 0 aliphatic carbocycles. The maximum atomic E-state index is 5.92. The van der Waals surface area contributed by atoms with Crippen LogP contribution >= 0.6 is 27.5 Å². The van der Waals surface area contributed by atoms with Gasteiger partial charge in [0.15, 0.2) is 5.65 Å². The number of methoxy groups -OCH3 is 1. The van der Waals surface area contributed by atoms with E-state index >= 15 is 0 Å². The Morgan fingerprint density at radius 3 is 3.19 bits per heavy atom. The van der Waals surface area contributed by atoms with Crippen LogP contribution in [-0.4, -0.2) is 34.9 Å². The second-order valence-corrected chi connectivity index (χ2v) is 4.35. The molecule has 0 amide bonds. The van der Waals surface area contributed by atoms with Crippen molar-refractivity contribution in [3.05, 3.63) is 21.9 Å². The summed E-state index contributed by atoms with van der Waals surface area (Å²) in [7, 11) is 1.65. The smallest absolute Gasteiger partial charge is 0.173 e. The van der Waals surface area contributed by atoms with E-state index in [1.165, 1.54) is 0 Å². The molecule has 7 heteroatoms. The SMILES string of the molecule is COCCNc1cc(Cl)nc2c(Br)cnn12. The van der Waals surface area contributed by atoms with Gasteiger partial charge in [-0.1, -0.05) is 11.6 Å². The van der Waals surface area contributed by atoms with Crippen LogP contribution in [0.25, 0.3) is 5.65 Å². The normalized spacial score (nSPS) is 10.9. The van der Waals surface area contributed by atoms with E-state index in [4.69, 9.17) is 16.3 Å². The summed E-state index contributed by atoms with van der Waals surface area (Å²) in [6.45, 7) is 1.30. The predicted octanol–water partition coefficient (Wildman–Crippen LogP) is 2.20. The summed E-state index contributed by atoms with van der Waals surface area (Å²) in [6, 6.07) is 1.73. The lowest BCUT2D eigenvalue weighted by atomic mass is 10.5. The molecule has 0 fully saturated rings. The molecule has 0 aliphatic rings. The lowest BCUT2D eigenvalue weighted by Gasteiger charge is -2.07. The van der Waals surface area contributed by atoms with Crippen LogP contribution in [-0.2, 0) is 4.74 Å². The number of nitrogens with one attached hydrogen (secondary N) is 1. The van der Waals surface area contributed by atoms with E-state index in [1.54, 1.807) is 23.9 Å². The highest BCUT2D eigenvalue weighted by molar-refractivity contribution is 9.10. The molecule has 0 aliphatic heterocycles. The van der Waals surface area contributed by atoms with Crippen LogP contribution in [0.1, 0.15) is 0 Å². The van der Waals surface area contributed by atoms with Gasteiger partial charge in [0.05, 0.1) is 17.3 Å². The van der Waals surface area contributed by atoms with Crippen LogP contribution in [0.3, 0.4) is 0 Å². The topological polar surface area (TPSA) is 51.5 Å². The van der Waals surface area contributed by atoms with Gasteiger partial charge in [-0.2, -0.15) is 9.61 Å². The molecule has 0 bridgehead atoms. The van der Waals surface area contributed by atoms with Gasteiger partial charge in [0.1, 0.15) is 11.0 Å². The van der Waals surface area contributed by atoms with E-state index in [1.807, 2.05) is 0 Å². The molecule has 86 valence electrons. The monoisotopic (exact) mass is 304 g/mol. The summed E-state index contributed by atoms with van der Waals surface area (Å²) in [6.07, 6.45) is 1.68. The number of halogens is 2. The third-order valence-corrected chi connectivity index (χ3v) is 2.76. The summed E-state index contributed by atoms with van der Waals surface area (Å²) < 4.78 is 7.46. The lowest BCUT2D eigenvalue weighted by molar-refractivity contribution is 0.210. The second-order valence-electron chi connectivity index (χ2n) is 3.11. The first-order valence-corrected chi connectivity index (χ1v) is 5.82. The van der Waals surface area contributed by atoms with Crippen LogP contribution in [0.2, 0.25) is 5.15 Å². The molecule has 2 aromatic heterocycles. The minimum absolute atomic E-state index is 0.425. The highest BCUT2D eigenvalue weighted by atomic mass is 79.9. The second kappa shape index (κ2) is 4.99. The Bertz CT molecular complexity index is 501. The fourth-order valence-corrected chi connectivity index (χ4v) is 1.85. The predicted molar refractivity (Wildman–Crippen MR) is 66.1 cm³/mol. The highest BCUT2D eigenvalue weighted by Crippen LogP contribution is 2.21. The Kier molecular flexibility index (Phi) is 3.63. The number of ether oxygens (including phenoxy) is 1. The minimum Gasteiger partial charge on any atom is -0.383 e. The van der Waals surface area contributed by atoms with Crippen molar-refractivity contribution >= 4 is 39.0 Å². The molecular formula is C9H10BrClN4O. The van der Waals surface area contributed by atoms with E-state index in [0.717, 1.165) is 10.3 Å².